The minimum atomic E-state index is -0.172. The van der Waals surface area contributed by atoms with Gasteiger partial charge in [0.1, 0.15) is 0 Å². The molecule has 1 aromatic heterocycles. The molecule has 0 atom stereocenters. The van der Waals surface area contributed by atoms with E-state index in [0.717, 1.165) is 0 Å². The van der Waals surface area contributed by atoms with Crippen LogP contribution in [0.25, 0.3) is 0 Å². The van der Waals surface area contributed by atoms with Crippen molar-refractivity contribution in [3.8, 4) is 0 Å². The molecule has 0 spiro atoms. The van der Waals surface area contributed by atoms with E-state index in [-0.39, 0.29) is 5.91 Å². The third-order valence-electron chi connectivity index (χ3n) is 1.12. The molecular weight excluding hydrogens is 146 g/mol. The van der Waals surface area contributed by atoms with Crippen LogP contribution in [0.4, 0.5) is 5.95 Å². The first-order valence-electron chi connectivity index (χ1n) is 3.27. The summed E-state index contributed by atoms with van der Waals surface area (Å²) in [6.45, 7) is 3.94. The van der Waals surface area contributed by atoms with Crippen LogP contribution in [0.1, 0.15) is 13.8 Å². The molecule has 1 aromatic rings. The molecule has 60 valence electrons. The summed E-state index contributed by atoms with van der Waals surface area (Å²) in [6, 6.07) is 0. The van der Waals surface area contributed by atoms with Gasteiger partial charge in [0, 0.05) is 13.5 Å². The normalized spacial score (nSPS) is 9.64. The molecule has 0 saturated heterocycles. The van der Waals surface area contributed by atoms with Crippen molar-refractivity contribution in [2.24, 2.45) is 0 Å². The lowest BCUT2D eigenvalue weighted by molar-refractivity contribution is -0.114. The van der Waals surface area contributed by atoms with E-state index in [2.05, 4.69) is 20.8 Å². The molecule has 0 fully saturated rings. The van der Waals surface area contributed by atoms with Crippen LogP contribution < -0.4 is 5.32 Å². The summed E-state index contributed by atoms with van der Waals surface area (Å²) in [5, 5.41) is 13.1. The van der Waals surface area contributed by atoms with Crippen LogP contribution in [0.3, 0.4) is 0 Å². The topological polar surface area (TPSA) is 72.7 Å². The maximum absolute atomic E-state index is 10.6. The lowest BCUT2D eigenvalue weighted by Crippen LogP contribution is -2.12. The lowest BCUT2D eigenvalue weighted by Gasteiger charge is -1.98. The Morgan fingerprint density at radius 2 is 2.45 bits per heavy atom. The average molecular weight is 155 g/mol. The maximum atomic E-state index is 10.6. The Bertz CT molecular complexity index is 255. The summed E-state index contributed by atoms with van der Waals surface area (Å²) < 4.78 is 1.50. The zero-order valence-electron chi connectivity index (χ0n) is 6.40. The standard InChI is InChI=1S/C5H9N5O/c1-3-10-5(6-4(2)11)7-8-9-10/h3H2,1-2H3,(H,6,7,9,11). The van der Waals surface area contributed by atoms with Crippen molar-refractivity contribution < 1.29 is 4.79 Å². The number of amides is 1. The first kappa shape index (κ1) is 7.64. The lowest BCUT2D eigenvalue weighted by atomic mass is 10.7. The third-order valence-corrected chi connectivity index (χ3v) is 1.12. The van der Waals surface area contributed by atoms with Gasteiger partial charge >= 0.3 is 0 Å². The van der Waals surface area contributed by atoms with Crippen LogP contribution >= 0.6 is 0 Å². The van der Waals surface area contributed by atoms with Crippen LogP contribution in [-0.2, 0) is 11.3 Å². The minimum absolute atomic E-state index is 0.172. The van der Waals surface area contributed by atoms with E-state index < -0.39 is 0 Å². The number of carbonyl (C=O) groups excluding carboxylic acids is 1. The monoisotopic (exact) mass is 155 g/mol. The molecule has 1 amide bonds. The van der Waals surface area contributed by atoms with Crippen LogP contribution in [0.2, 0.25) is 0 Å². The van der Waals surface area contributed by atoms with Crippen molar-refractivity contribution >= 4 is 11.9 Å². The Balaban J connectivity index is 2.76. The van der Waals surface area contributed by atoms with Crippen LogP contribution in [-0.4, -0.2) is 26.1 Å². The van der Waals surface area contributed by atoms with Crippen molar-refractivity contribution in [3.63, 3.8) is 0 Å². The van der Waals surface area contributed by atoms with E-state index in [1.165, 1.54) is 11.6 Å². The Hall–Kier alpha value is -1.46. The summed E-state index contributed by atoms with van der Waals surface area (Å²) in [5.74, 6) is 0.217. The van der Waals surface area contributed by atoms with Crippen LogP contribution in [0.5, 0.6) is 0 Å². The van der Waals surface area contributed by atoms with Gasteiger partial charge in [-0.3, -0.25) is 10.1 Å². The second-order valence-corrected chi connectivity index (χ2v) is 2.00. The highest BCUT2D eigenvalue weighted by Crippen LogP contribution is 1.97. The number of tetrazole rings is 1. The van der Waals surface area contributed by atoms with E-state index in [9.17, 15) is 4.79 Å². The molecule has 1 heterocycles. The fraction of sp³-hybridized carbons (Fsp3) is 0.600. The van der Waals surface area contributed by atoms with E-state index in [1.807, 2.05) is 6.92 Å². The summed E-state index contributed by atoms with van der Waals surface area (Å²) in [6.07, 6.45) is 0. The fourth-order valence-electron chi connectivity index (χ4n) is 0.665. The van der Waals surface area contributed by atoms with Gasteiger partial charge in [-0.05, 0) is 17.4 Å². The first-order valence-corrected chi connectivity index (χ1v) is 3.27. The number of carbonyl (C=O) groups is 1. The fourth-order valence-corrected chi connectivity index (χ4v) is 0.665. The third kappa shape index (κ3) is 1.73. The maximum Gasteiger partial charge on any atom is 0.249 e. The minimum Gasteiger partial charge on any atom is -0.294 e. The molecule has 1 N–H and O–H groups in total. The van der Waals surface area contributed by atoms with Gasteiger partial charge in [-0.2, -0.15) is 0 Å². The second kappa shape index (κ2) is 3.09. The number of nitrogens with one attached hydrogen (secondary N) is 1. The van der Waals surface area contributed by atoms with Crippen molar-refractivity contribution in [1.29, 1.82) is 0 Å². The largest absolute Gasteiger partial charge is 0.294 e. The number of anilines is 1. The number of aromatic nitrogens is 4. The van der Waals surface area contributed by atoms with Gasteiger partial charge in [0.05, 0.1) is 0 Å². The highest BCUT2D eigenvalue weighted by Gasteiger charge is 2.03. The molecule has 1 rings (SSSR count). The predicted molar refractivity (Wildman–Crippen MR) is 37.8 cm³/mol. The van der Waals surface area contributed by atoms with Gasteiger partial charge < -0.3 is 0 Å². The molecule has 6 nitrogen and oxygen atoms in total. The average Bonchev–Trinajstić information content (AvgIpc) is 2.34. The second-order valence-electron chi connectivity index (χ2n) is 2.00. The van der Waals surface area contributed by atoms with Gasteiger partial charge in [0.25, 0.3) is 0 Å². The molecular formula is C5H9N5O. The van der Waals surface area contributed by atoms with Gasteiger partial charge in [-0.15, -0.1) is 0 Å². The Kier molecular flexibility index (Phi) is 2.15. The molecule has 0 aliphatic carbocycles. The van der Waals surface area contributed by atoms with Gasteiger partial charge in [0.15, 0.2) is 0 Å². The summed E-state index contributed by atoms with van der Waals surface area (Å²) in [7, 11) is 0. The predicted octanol–water partition coefficient (Wildman–Crippen LogP) is -0.349. The Morgan fingerprint density at radius 3 is 3.00 bits per heavy atom. The van der Waals surface area contributed by atoms with Crippen LogP contribution in [0, 0.1) is 0 Å². The van der Waals surface area contributed by atoms with Crippen molar-refractivity contribution in [2.45, 2.75) is 20.4 Å². The number of hydrogen-bond acceptors (Lipinski definition) is 4. The molecule has 6 heteroatoms. The number of hydrogen-bond donors (Lipinski definition) is 1. The Labute approximate surface area is 63.6 Å². The van der Waals surface area contributed by atoms with Gasteiger partial charge in [-0.25, -0.2) is 4.68 Å². The van der Waals surface area contributed by atoms with Crippen molar-refractivity contribution in [1.82, 2.24) is 20.2 Å². The molecule has 0 aliphatic rings. The summed E-state index contributed by atoms with van der Waals surface area (Å²) in [4.78, 5) is 10.6. The van der Waals surface area contributed by atoms with Crippen molar-refractivity contribution in [3.05, 3.63) is 0 Å². The zero-order valence-corrected chi connectivity index (χ0v) is 6.40. The van der Waals surface area contributed by atoms with E-state index in [4.69, 9.17) is 0 Å². The molecule has 0 bridgehead atoms. The van der Waals surface area contributed by atoms with Gasteiger partial charge in [-0.1, -0.05) is 5.10 Å². The SMILES string of the molecule is CCn1nnnc1NC(C)=O. The van der Waals surface area contributed by atoms with Gasteiger partial charge in [0.2, 0.25) is 11.9 Å². The smallest absolute Gasteiger partial charge is 0.249 e. The van der Waals surface area contributed by atoms with E-state index >= 15 is 0 Å². The summed E-state index contributed by atoms with van der Waals surface area (Å²) in [5.41, 5.74) is 0. The number of rotatable bonds is 2. The quantitative estimate of drug-likeness (QED) is 0.633. The highest BCUT2D eigenvalue weighted by molar-refractivity contribution is 5.86. The zero-order chi connectivity index (χ0) is 8.27. The molecule has 11 heavy (non-hydrogen) atoms. The molecule has 0 aromatic carbocycles. The molecule has 0 aliphatic heterocycles. The molecule has 0 unspecified atom stereocenters. The van der Waals surface area contributed by atoms with E-state index in [1.54, 1.807) is 0 Å². The van der Waals surface area contributed by atoms with Crippen molar-refractivity contribution in [2.75, 3.05) is 5.32 Å². The number of nitrogens with zero attached hydrogens (tertiary/aromatic N) is 4. The Morgan fingerprint density at radius 1 is 1.73 bits per heavy atom. The molecule has 0 radical (unpaired) electrons. The highest BCUT2D eigenvalue weighted by atomic mass is 16.1. The van der Waals surface area contributed by atoms with E-state index in [0.29, 0.717) is 12.5 Å². The van der Waals surface area contributed by atoms with Crippen LogP contribution in [0.15, 0.2) is 0 Å². The summed E-state index contributed by atoms with van der Waals surface area (Å²) >= 11 is 0. The molecule has 0 saturated carbocycles. The first-order chi connectivity index (χ1) is 5.24. The number of aryl methyl sites for hydroxylation is 1.